The molecule has 0 aromatic rings. The van der Waals surface area contributed by atoms with Crippen molar-refractivity contribution in [1.29, 1.82) is 0 Å². The van der Waals surface area contributed by atoms with Gasteiger partial charge in [0.25, 0.3) is 0 Å². The first kappa shape index (κ1) is 12.5. The minimum Gasteiger partial charge on any atom is -0.301 e. The summed E-state index contributed by atoms with van der Waals surface area (Å²) < 4.78 is 0. The summed E-state index contributed by atoms with van der Waals surface area (Å²) in [7, 11) is 2.21. The van der Waals surface area contributed by atoms with Crippen molar-refractivity contribution in [3.8, 4) is 12.3 Å². The molecule has 15 heavy (non-hydrogen) atoms. The molecular formula is C13H24N2. The summed E-state index contributed by atoms with van der Waals surface area (Å²) in [6.07, 6.45) is 5.59. The first-order chi connectivity index (χ1) is 6.88. The van der Waals surface area contributed by atoms with Gasteiger partial charge in [-0.2, -0.15) is 0 Å². The van der Waals surface area contributed by atoms with Crippen molar-refractivity contribution >= 4 is 0 Å². The third-order valence-corrected chi connectivity index (χ3v) is 3.61. The van der Waals surface area contributed by atoms with Gasteiger partial charge in [0.2, 0.25) is 0 Å². The molecule has 1 aliphatic heterocycles. The van der Waals surface area contributed by atoms with Gasteiger partial charge in [-0.1, -0.05) is 19.8 Å². The zero-order chi connectivity index (χ0) is 11.6. The smallest absolute Gasteiger partial charge is 0.0767 e. The number of hydrogen-bond donors (Lipinski definition) is 0. The SMILES string of the molecule is C#CC(C)(C)N1CCN(C)[C@@H](C(C)C)C1. The molecule has 0 aliphatic carbocycles. The standard InChI is InChI=1S/C13H24N2/c1-7-13(4,5)15-9-8-14(6)12(10-15)11(2)3/h1,11-12H,8-10H2,2-6H3/t12-/m1/s1. The summed E-state index contributed by atoms with van der Waals surface area (Å²) in [4.78, 5) is 4.88. The molecule has 1 atom stereocenters. The van der Waals surface area contributed by atoms with E-state index >= 15 is 0 Å². The average molecular weight is 208 g/mol. The molecule has 0 amide bonds. The Morgan fingerprint density at radius 2 is 1.93 bits per heavy atom. The summed E-state index contributed by atoms with van der Waals surface area (Å²) in [6, 6.07) is 0.631. The average Bonchev–Trinajstić information content (AvgIpc) is 2.17. The van der Waals surface area contributed by atoms with Crippen LogP contribution in [0.1, 0.15) is 27.7 Å². The van der Waals surface area contributed by atoms with Crippen molar-refractivity contribution in [2.75, 3.05) is 26.7 Å². The molecule has 1 fully saturated rings. The lowest BCUT2D eigenvalue weighted by atomic mass is 9.95. The molecular weight excluding hydrogens is 184 g/mol. The van der Waals surface area contributed by atoms with E-state index in [4.69, 9.17) is 6.42 Å². The van der Waals surface area contributed by atoms with Crippen LogP contribution in [0, 0.1) is 18.3 Å². The molecule has 2 heteroatoms. The molecule has 1 rings (SSSR count). The highest BCUT2D eigenvalue weighted by molar-refractivity contribution is 5.10. The first-order valence-electron chi connectivity index (χ1n) is 5.81. The maximum absolute atomic E-state index is 5.59. The van der Waals surface area contributed by atoms with E-state index in [9.17, 15) is 0 Å². The molecule has 0 unspecified atom stereocenters. The van der Waals surface area contributed by atoms with Crippen LogP contribution in [0.2, 0.25) is 0 Å². The fourth-order valence-electron chi connectivity index (χ4n) is 2.22. The van der Waals surface area contributed by atoms with Crippen LogP contribution < -0.4 is 0 Å². The second kappa shape index (κ2) is 4.55. The third-order valence-electron chi connectivity index (χ3n) is 3.61. The monoisotopic (exact) mass is 208 g/mol. The Kier molecular flexibility index (Phi) is 3.81. The Morgan fingerprint density at radius 1 is 1.33 bits per heavy atom. The predicted octanol–water partition coefficient (Wildman–Crippen LogP) is 1.67. The number of nitrogens with zero attached hydrogens (tertiary/aromatic N) is 2. The van der Waals surface area contributed by atoms with E-state index in [1.165, 1.54) is 0 Å². The van der Waals surface area contributed by atoms with Crippen LogP contribution >= 0.6 is 0 Å². The molecule has 0 radical (unpaired) electrons. The normalized spacial score (nSPS) is 25.5. The lowest BCUT2D eigenvalue weighted by Gasteiger charge is -2.46. The van der Waals surface area contributed by atoms with E-state index in [1.807, 2.05) is 0 Å². The number of hydrogen-bond acceptors (Lipinski definition) is 2. The summed E-state index contributed by atoms with van der Waals surface area (Å²) in [5.41, 5.74) is -0.103. The molecule has 0 aromatic carbocycles. The zero-order valence-electron chi connectivity index (χ0n) is 10.7. The predicted molar refractivity (Wildman–Crippen MR) is 65.7 cm³/mol. The van der Waals surface area contributed by atoms with Crippen LogP contribution in [0.3, 0.4) is 0 Å². The van der Waals surface area contributed by atoms with Crippen LogP contribution in [0.5, 0.6) is 0 Å². The van der Waals surface area contributed by atoms with Crippen molar-refractivity contribution in [2.45, 2.75) is 39.3 Å². The molecule has 0 saturated carbocycles. The highest BCUT2D eigenvalue weighted by Gasteiger charge is 2.33. The van der Waals surface area contributed by atoms with Crippen molar-refractivity contribution < 1.29 is 0 Å². The van der Waals surface area contributed by atoms with Crippen molar-refractivity contribution in [2.24, 2.45) is 5.92 Å². The summed E-state index contributed by atoms with van der Waals surface area (Å²) in [5, 5.41) is 0. The molecule has 1 aliphatic rings. The quantitative estimate of drug-likeness (QED) is 0.637. The van der Waals surface area contributed by atoms with Gasteiger partial charge >= 0.3 is 0 Å². The van der Waals surface area contributed by atoms with E-state index in [1.54, 1.807) is 0 Å². The Labute approximate surface area is 94.6 Å². The van der Waals surface area contributed by atoms with Gasteiger partial charge in [0.05, 0.1) is 5.54 Å². The molecule has 0 spiro atoms. The minimum atomic E-state index is -0.103. The molecule has 2 nitrogen and oxygen atoms in total. The Morgan fingerprint density at radius 3 is 2.40 bits per heavy atom. The second-order valence-corrected chi connectivity index (χ2v) is 5.44. The second-order valence-electron chi connectivity index (χ2n) is 5.44. The fourth-order valence-corrected chi connectivity index (χ4v) is 2.22. The third kappa shape index (κ3) is 2.74. The van der Waals surface area contributed by atoms with Gasteiger partial charge in [-0.05, 0) is 26.8 Å². The van der Waals surface area contributed by atoms with Gasteiger partial charge in [-0.15, -0.1) is 6.42 Å². The van der Waals surface area contributed by atoms with E-state index in [0.29, 0.717) is 12.0 Å². The van der Waals surface area contributed by atoms with Crippen LogP contribution in [-0.4, -0.2) is 48.1 Å². The fraction of sp³-hybridized carbons (Fsp3) is 0.846. The van der Waals surface area contributed by atoms with E-state index < -0.39 is 0 Å². The van der Waals surface area contributed by atoms with Crippen LogP contribution in [-0.2, 0) is 0 Å². The van der Waals surface area contributed by atoms with Crippen LogP contribution in [0.25, 0.3) is 0 Å². The summed E-state index contributed by atoms with van der Waals surface area (Å²) in [5.74, 6) is 3.58. The van der Waals surface area contributed by atoms with Crippen molar-refractivity contribution in [3.05, 3.63) is 0 Å². The molecule has 0 bridgehead atoms. The van der Waals surface area contributed by atoms with E-state index in [2.05, 4.69) is 50.5 Å². The molecule has 0 N–H and O–H groups in total. The van der Waals surface area contributed by atoms with Gasteiger partial charge in [-0.3, -0.25) is 4.90 Å². The number of terminal acetylenes is 1. The number of piperazine rings is 1. The van der Waals surface area contributed by atoms with Gasteiger partial charge < -0.3 is 4.90 Å². The van der Waals surface area contributed by atoms with Gasteiger partial charge in [0, 0.05) is 25.7 Å². The van der Waals surface area contributed by atoms with Crippen LogP contribution in [0.15, 0.2) is 0 Å². The van der Waals surface area contributed by atoms with Gasteiger partial charge in [0.1, 0.15) is 0 Å². The molecule has 1 heterocycles. The summed E-state index contributed by atoms with van der Waals surface area (Å²) >= 11 is 0. The molecule has 86 valence electrons. The van der Waals surface area contributed by atoms with E-state index in [-0.39, 0.29) is 5.54 Å². The van der Waals surface area contributed by atoms with Gasteiger partial charge in [-0.25, -0.2) is 0 Å². The number of rotatable bonds is 2. The van der Waals surface area contributed by atoms with Crippen molar-refractivity contribution in [3.63, 3.8) is 0 Å². The van der Waals surface area contributed by atoms with Gasteiger partial charge in [0.15, 0.2) is 0 Å². The summed E-state index contributed by atoms with van der Waals surface area (Å²) in [6.45, 7) is 12.1. The maximum Gasteiger partial charge on any atom is 0.0767 e. The molecule has 0 aromatic heterocycles. The highest BCUT2D eigenvalue weighted by Crippen LogP contribution is 2.21. The Hall–Kier alpha value is -0.520. The Bertz CT molecular complexity index is 250. The van der Waals surface area contributed by atoms with Crippen LogP contribution in [0.4, 0.5) is 0 Å². The lowest BCUT2D eigenvalue weighted by Crippen LogP contribution is -2.58. The Balaban J connectivity index is 2.71. The largest absolute Gasteiger partial charge is 0.301 e. The first-order valence-corrected chi connectivity index (χ1v) is 5.81. The molecule has 1 saturated heterocycles. The van der Waals surface area contributed by atoms with E-state index in [0.717, 1.165) is 19.6 Å². The topological polar surface area (TPSA) is 6.48 Å². The van der Waals surface area contributed by atoms with Crippen molar-refractivity contribution in [1.82, 2.24) is 9.80 Å². The lowest BCUT2D eigenvalue weighted by molar-refractivity contribution is 0.0324. The highest BCUT2D eigenvalue weighted by atomic mass is 15.3. The maximum atomic E-state index is 5.59. The minimum absolute atomic E-state index is 0.103. The zero-order valence-corrected chi connectivity index (χ0v) is 10.7. The number of likely N-dealkylation sites (N-methyl/N-ethyl adjacent to an activating group) is 1.